The molecule has 1 saturated carbocycles. The molecule has 0 bridgehead atoms. The number of carbonyl (C=O) groups excluding carboxylic acids is 1. The van der Waals surface area contributed by atoms with Crippen LogP contribution in [0.4, 0.5) is 0 Å². The molecule has 1 unspecified atom stereocenters. The first-order valence-electron chi connectivity index (χ1n) is 10.5. The average molecular weight is 386 g/mol. The van der Waals surface area contributed by atoms with E-state index >= 15 is 0 Å². The van der Waals surface area contributed by atoms with E-state index in [1.165, 1.54) is 18.4 Å². The number of carbonyl (C=O) groups is 2. The van der Waals surface area contributed by atoms with Gasteiger partial charge in [-0.2, -0.15) is 0 Å². The van der Waals surface area contributed by atoms with E-state index in [0.29, 0.717) is 6.10 Å². The highest BCUT2D eigenvalue weighted by Crippen LogP contribution is 2.43. The number of amides is 1. The van der Waals surface area contributed by atoms with E-state index in [1.54, 1.807) is 11.9 Å². The van der Waals surface area contributed by atoms with Gasteiger partial charge >= 0.3 is 5.97 Å². The standard InChI is InChI=1S/C22H30N2O4/c1-23-20(25)14-19(21(26)27)22(23)10-12-24(13-11-22)15-16-6-8-18(9-7-16)28-17-4-2-3-5-17/h6-9,17,19H,2-5,10-15H2,1H3,(H,26,27). The first kappa shape index (κ1) is 19.2. The molecule has 2 saturated heterocycles. The summed E-state index contributed by atoms with van der Waals surface area (Å²) in [5.41, 5.74) is 0.721. The third-order valence-electron chi connectivity index (χ3n) is 7.02. The Morgan fingerprint density at radius 3 is 2.43 bits per heavy atom. The van der Waals surface area contributed by atoms with E-state index in [9.17, 15) is 14.7 Å². The Kier molecular flexibility index (Phi) is 5.32. The Morgan fingerprint density at radius 1 is 1.18 bits per heavy atom. The summed E-state index contributed by atoms with van der Waals surface area (Å²) < 4.78 is 6.03. The molecule has 28 heavy (non-hydrogen) atoms. The van der Waals surface area contributed by atoms with Crippen LogP contribution >= 0.6 is 0 Å². The molecule has 0 radical (unpaired) electrons. The molecule has 3 fully saturated rings. The van der Waals surface area contributed by atoms with Crippen molar-refractivity contribution in [2.24, 2.45) is 5.92 Å². The third-order valence-corrected chi connectivity index (χ3v) is 7.02. The molecule has 1 aromatic carbocycles. The van der Waals surface area contributed by atoms with Gasteiger partial charge in [0, 0.05) is 33.1 Å². The first-order valence-corrected chi connectivity index (χ1v) is 10.5. The van der Waals surface area contributed by atoms with E-state index in [4.69, 9.17) is 4.74 Å². The summed E-state index contributed by atoms with van der Waals surface area (Å²) >= 11 is 0. The van der Waals surface area contributed by atoms with Crippen molar-refractivity contribution in [2.75, 3.05) is 20.1 Å². The van der Waals surface area contributed by atoms with Crippen LogP contribution in [-0.4, -0.2) is 58.6 Å². The Labute approximate surface area is 166 Å². The van der Waals surface area contributed by atoms with Crippen molar-refractivity contribution in [3.8, 4) is 5.75 Å². The predicted octanol–water partition coefficient (Wildman–Crippen LogP) is 2.91. The van der Waals surface area contributed by atoms with Crippen molar-refractivity contribution in [3.63, 3.8) is 0 Å². The second-order valence-corrected chi connectivity index (χ2v) is 8.60. The molecule has 0 aromatic heterocycles. The Bertz CT molecular complexity index is 719. The summed E-state index contributed by atoms with van der Waals surface area (Å²) in [7, 11) is 1.77. The highest BCUT2D eigenvalue weighted by atomic mass is 16.5. The van der Waals surface area contributed by atoms with Crippen LogP contribution in [0, 0.1) is 5.92 Å². The zero-order chi connectivity index (χ0) is 19.7. The van der Waals surface area contributed by atoms with Gasteiger partial charge in [0.05, 0.1) is 17.6 Å². The maximum Gasteiger partial charge on any atom is 0.309 e. The second kappa shape index (κ2) is 7.74. The second-order valence-electron chi connectivity index (χ2n) is 8.60. The smallest absolute Gasteiger partial charge is 0.309 e. The van der Waals surface area contributed by atoms with Crippen molar-refractivity contribution >= 4 is 11.9 Å². The number of ether oxygens (including phenoxy) is 1. The molecular formula is C22H30N2O4. The number of nitrogens with zero attached hydrogens (tertiary/aromatic N) is 2. The van der Waals surface area contributed by atoms with E-state index in [-0.39, 0.29) is 12.3 Å². The van der Waals surface area contributed by atoms with Crippen LogP contribution in [0.5, 0.6) is 5.75 Å². The molecule has 1 aliphatic carbocycles. The van der Waals surface area contributed by atoms with Gasteiger partial charge in [-0.1, -0.05) is 12.1 Å². The minimum atomic E-state index is -0.844. The first-order chi connectivity index (χ1) is 13.5. The quantitative estimate of drug-likeness (QED) is 0.843. The number of carboxylic acid groups (broad SMARTS) is 1. The molecule has 152 valence electrons. The summed E-state index contributed by atoms with van der Waals surface area (Å²) in [5, 5.41) is 9.59. The number of hydrogen-bond donors (Lipinski definition) is 1. The van der Waals surface area contributed by atoms with E-state index in [0.717, 1.165) is 51.1 Å². The molecule has 1 N–H and O–H groups in total. The lowest BCUT2D eigenvalue weighted by molar-refractivity contribution is -0.146. The van der Waals surface area contributed by atoms with Gasteiger partial charge in [0.2, 0.25) is 5.91 Å². The van der Waals surface area contributed by atoms with E-state index in [1.807, 2.05) is 0 Å². The van der Waals surface area contributed by atoms with Gasteiger partial charge < -0.3 is 14.7 Å². The van der Waals surface area contributed by atoms with Crippen molar-refractivity contribution in [3.05, 3.63) is 29.8 Å². The highest BCUT2D eigenvalue weighted by Gasteiger charge is 2.55. The van der Waals surface area contributed by atoms with Gasteiger partial charge in [0.15, 0.2) is 0 Å². The number of likely N-dealkylation sites (tertiary alicyclic amines) is 2. The number of hydrogen-bond acceptors (Lipinski definition) is 4. The van der Waals surface area contributed by atoms with Crippen LogP contribution in [0.3, 0.4) is 0 Å². The normalized spacial score (nSPS) is 25.5. The fourth-order valence-corrected chi connectivity index (χ4v) is 5.21. The number of aliphatic carboxylic acids is 1. The highest BCUT2D eigenvalue weighted by molar-refractivity contribution is 5.88. The molecule has 1 aromatic rings. The number of carboxylic acids is 1. The lowest BCUT2D eigenvalue weighted by Gasteiger charge is -2.45. The molecule has 1 atom stereocenters. The molecular weight excluding hydrogens is 356 g/mol. The Balaban J connectivity index is 1.34. The van der Waals surface area contributed by atoms with Gasteiger partial charge in [-0.05, 0) is 56.2 Å². The molecule has 1 spiro atoms. The molecule has 2 heterocycles. The van der Waals surface area contributed by atoms with Crippen molar-refractivity contribution in [2.45, 2.75) is 63.1 Å². The zero-order valence-electron chi connectivity index (χ0n) is 16.6. The van der Waals surface area contributed by atoms with Gasteiger partial charge in [-0.3, -0.25) is 14.5 Å². The number of rotatable bonds is 5. The summed E-state index contributed by atoms with van der Waals surface area (Å²) in [6.07, 6.45) is 6.79. The summed E-state index contributed by atoms with van der Waals surface area (Å²) in [4.78, 5) is 27.9. The average Bonchev–Trinajstić information content (AvgIpc) is 3.28. The number of piperidine rings is 1. The Hall–Kier alpha value is -2.08. The van der Waals surface area contributed by atoms with E-state index < -0.39 is 17.4 Å². The van der Waals surface area contributed by atoms with Crippen LogP contribution in [0.2, 0.25) is 0 Å². The lowest BCUT2D eigenvalue weighted by atomic mass is 9.77. The minimum Gasteiger partial charge on any atom is -0.490 e. The van der Waals surface area contributed by atoms with Crippen LogP contribution in [-0.2, 0) is 16.1 Å². The molecule has 6 nitrogen and oxygen atoms in total. The van der Waals surface area contributed by atoms with Gasteiger partial charge in [-0.25, -0.2) is 0 Å². The largest absolute Gasteiger partial charge is 0.490 e. The van der Waals surface area contributed by atoms with Gasteiger partial charge in [-0.15, -0.1) is 0 Å². The van der Waals surface area contributed by atoms with Crippen LogP contribution in [0.25, 0.3) is 0 Å². The molecule has 2 aliphatic heterocycles. The minimum absolute atomic E-state index is 0.0429. The predicted molar refractivity (Wildman–Crippen MR) is 105 cm³/mol. The molecule has 1 amide bonds. The fourth-order valence-electron chi connectivity index (χ4n) is 5.21. The third kappa shape index (κ3) is 3.62. The van der Waals surface area contributed by atoms with Crippen molar-refractivity contribution in [1.29, 1.82) is 0 Å². The monoisotopic (exact) mass is 386 g/mol. The molecule has 6 heteroatoms. The Morgan fingerprint density at radius 2 is 1.82 bits per heavy atom. The van der Waals surface area contributed by atoms with E-state index in [2.05, 4.69) is 29.2 Å². The fraction of sp³-hybridized carbons (Fsp3) is 0.636. The summed E-state index contributed by atoms with van der Waals surface area (Å²) in [6.45, 7) is 2.46. The van der Waals surface area contributed by atoms with Crippen LogP contribution < -0.4 is 4.74 Å². The SMILES string of the molecule is CN1C(=O)CC(C(=O)O)C12CCN(Cc1ccc(OC3CCCC3)cc1)CC2. The zero-order valence-corrected chi connectivity index (χ0v) is 16.6. The van der Waals surface area contributed by atoms with Crippen LogP contribution in [0.1, 0.15) is 50.5 Å². The molecule has 4 rings (SSSR count). The topological polar surface area (TPSA) is 70.1 Å². The van der Waals surface area contributed by atoms with Crippen LogP contribution in [0.15, 0.2) is 24.3 Å². The lowest BCUT2D eigenvalue weighted by Crippen LogP contribution is -2.55. The summed E-state index contributed by atoms with van der Waals surface area (Å²) in [6, 6.07) is 8.37. The van der Waals surface area contributed by atoms with Gasteiger partial charge in [0.25, 0.3) is 0 Å². The molecule has 3 aliphatic rings. The summed E-state index contributed by atoms with van der Waals surface area (Å²) in [5.74, 6) is -0.523. The maximum absolute atomic E-state index is 12.1. The van der Waals surface area contributed by atoms with Crippen molar-refractivity contribution < 1.29 is 19.4 Å². The van der Waals surface area contributed by atoms with Gasteiger partial charge in [0.1, 0.15) is 5.75 Å². The number of benzene rings is 1. The van der Waals surface area contributed by atoms with Crippen molar-refractivity contribution in [1.82, 2.24) is 9.80 Å². The maximum atomic E-state index is 12.1.